The molecule has 4 aliphatic carbocycles. The second-order valence-electron chi connectivity index (χ2n) is 30.4. The van der Waals surface area contributed by atoms with Gasteiger partial charge in [0.15, 0.2) is 11.3 Å². The number of aromatic amines is 2. The van der Waals surface area contributed by atoms with Gasteiger partial charge in [-0.05, 0) is 177 Å². The average molecular weight is 1960 g/mol. The largest absolute Gasteiger partial charge is 0.478 e. The third kappa shape index (κ3) is 27.9. The second kappa shape index (κ2) is 47.3. The number of aromatic nitrogens is 12. The number of esters is 3. The van der Waals surface area contributed by atoms with E-state index in [-0.39, 0.29) is 108 Å². The molecule has 4 saturated carbocycles. The Morgan fingerprint density at radius 1 is 0.401 bits per heavy atom. The number of fused-ring (bicyclic) bond motifs is 2. The zero-order chi connectivity index (χ0) is 104. The van der Waals surface area contributed by atoms with Crippen molar-refractivity contribution >= 4 is 173 Å². The van der Waals surface area contributed by atoms with Crippen LogP contribution in [0, 0.1) is 73.7 Å². The number of methoxy groups -OCH3 is 3. The van der Waals surface area contributed by atoms with E-state index in [1.54, 1.807) is 36.5 Å². The van der Waals surface area contributed by atoms with Gasteiger partial charge in [-0.15, -0.1) is 0 Å². The van der Waals surface area contributed by atoms with Crippen LogP contribution >= 0.6 is 11.6 Å². The van der Waals surface area contributed by atoms with E-state index in [1.807, 2.05) is 30.3 Å². The third-order valence-corrected chi connectivity index (χ3v) is 21.1. The predicted octanol–water partition coefficient (Wildman–Crippen LogP) is 12.3. The Bertz CT molecular complexity index is 7080. The van der Waals surface area contributed by atoms with Gasteiger partial charge in [-0.2, -0.15) is 0 Å². The van der Waals surface area contributed by atoms with Gasteiger partial charge < -0.3 is 89.9 Å². The maximum absolute atomic E-state index is 13.4. The number of nitro benzene ring substituents is 3. The van der Waals surface area contributed by atoms with E-state index in [0.717, 1.165) is 72.8 Å². The number of H-pyrrole nitrogens is 2. The standard InChI is InChI=1S/C29H28N6O2.C14H12N4O5.C13H8N4O4.C7H4ClNO3.C7H7N3O4.C7H9N3O2.C6H5N3O4.C6H6N2O2/c36-27(34-24-3-1-2-8-30-24)21-12-23-26(31-16-21)35-25(33-23)20-4-6-22(7-5-20)32-28(37)29-13-17-9-18(14-29)11-19(10-17)15-29;1-23-14(20)9-6-11(12(15)16-7-9)17-13(19)8-2-4-10(5-3-8)18(21)22;18-13(19)8-5-10-12(14-6-8)16-11(15-10)7-1-3-9(4-2-7)17(20)21;8-7(10)5-1-3-6(4-2-5)9(11)12;1-14-7(11)4-2-5(10(12)13)6(8)9-3-4;1-12-7(11)4-2-5(8)6(9)10-3-4;7-5-4(9(12)13)1-3(2-8-5)6(10)11;7-5-2-1-4(3-8-5)6(9)10/h1-8,12,16-19H,9-11,13-15H2,(H,32,37)(H,30,34,36)(H,31,33,35);2-7H,1H3,(H2,15,16)(H,17,19);1-6H,(H,18,19)(H,14,15,16);1-4H;2-3H,1H3,(H2,8,9);2-3H,8H2,1H3,(H2,9,10);1-2H,(H2,7,8)(H,10,11);1-3H,(H2,7,8)(H,9,10). The van der Waals surface area contributed by atoms with Crippen molar-refractivity contribution in [3.63, 3.8) is 0 Å². The molecule has 10 heterocycles. The van der Waals surface area contributed by atoms with Crippen molar-refractivity contribution in [2.45, 2.75) is 38.5 Å². The van der Waals surface area contributed by atoms with E-state index in [1.165, 1.54) is 163 Å². The van der Waals surface area contributed by atoms with Crippen molar-refractivity contribution in [1.82, 2.24) is 59.8 Å². The molecule has 4 fully saturated rings. The first-order chi connectivity index (χ1) is 67.5. The van der Waals surface area contributed by atoms with Crippen LogP contribution < -0.4 is 50.4 Å². The van der Waals surface area contributed by atoms with Gasteiger partial charge in [0.25, 0.3) is 34.1 Å². The maximum atomic E-state index is 13.4. The lowest BCUT2D eigenvalue weighted by atomic mass is 9.49. The van der Waals surface area contributed by atoms with Gasteiger partial charge in [0.05, 0.1) is 113 Å². The van der Waals surface area contributed by atoms with E-state index < -0.39 is 83.0 Å². The number of benzene rings is 4. The van der Waals surface area contributed by atoms with Crippen molar-refractivity contribution in [3.8, 4) is 22.8 Å². The number of rotatable bonds is 20. The summed E-state index contributed by atoms with van der Waals surface area (Å²) in [6.45, 7) is 0. The molecule has 0 aliphatic heterocycles. The lowest BCUT2D eigenvalue weighted by Crippen LogP contribution is -2.51. The van der Waals surface area contributed by atoms with Crippen LogP contribution in [-0.2, 0) is 19.0 Å². The summed E-state index contributed by atoms with van der Waals surface area (Å²) < 4.78 is 13.4. The Hall–Kier alpha value is -20.0. The van der Waals surface area contributed by atoms with E-state index >= 15 is 0 Å². The number of halogens is 1. The van der Waals surface area contributed by atoms with Gasteiger partial charge in [-0.3, -0.25) is 69.7 Å². The second-order valence-corrected chi connectivity index (χ2v) is 30.7. The summed E-state index contributed by atoms with van der Waals surface area (Å²) in [5.74, 6) is -1.93. The summed E-state index contributed by atoms with van der Waals surface area (Å²) in [7, 11) is 3.67. The topological polar surface area (TPSA) is 827 Å². The van der Waals surface area contributed by atoms with Crippen LogP contribution in [0.4, 0.5) is 80.4 Å². The minimum Gasteiger partial charge on any atom is -0.478 e. The molecule has 52 nitrogen and oxygen atoms in total. The fourth-order valence-corrected chi connectivity index (χ4v) is 14.4. The summed E-state index contributed by atoms with van der Waals surface area (Å²) >= 11 is 5.13. The molecule has 0 saturated heterocycles. The number of nitrogen functional groups attached to an aromatic ring is 6. The van der Waals surface area contributed by atoms with Gasteiger partial charge in [0, 0.05) is 126 Å². The summed E-state index contributed by atoms with van der Waals surface area (Å²) in [6.07, 6.45) is 17.3. The molecule has 20 N–H and O–H groups in total. The molecule has 4 aliphatic rings. The molecule has 4 bridgehead atoms. The number of non-ortho nitro benzene ring substituents is 3. The molecule has 53 heteroatoms. The molecule has 0 radical (unpaired) electrons. The minimum atomic E-state index is -1.28. The molecule has 14 aromatic rings. The molecule has 0 atom stereocenters. The van der Waals surface area contributed by atoms with Crippen LogP contribution in [-0.4, -0.2) is 180 Å². The summed E-state index contributed by atoms with van der Waals surface area (Å²) in [4.78, 5) is 208. The van der Waals surface area contributed by atoms with Crippen LogP contribution in [0.1, 0.15) is 132 Å². The molecule has 728 valence electrons. The Kier molecular flexibility index (Phi) is 34.7. The van der Waals surface area contributed by atoms with Gasteiger partial charge in [0.2, 0.25) is 17.5 Å². The highest BCUT2D eigenvalue weighted by Gasteiger charge is 2.54. The smallest absolute Gasteiger partial charge is 0.339 e. The van der Waals surface area contributed by atoms with Gasteiger partial charge in [-0.25, -0.2) is 78.6 Å². The number of hydrogen-bond donors (Lipinski definition) is 14. The fourth-order valence-electron chi connectivity index (χ4n) is 14.3. The molecule has 142 heavy (non-hydrogen) atoms. The van der Waals surface area contributed by atoms with Crippen molar-refractivity contribution in [1.29, 1.82) is 0 Å². The number of nitrogens with two attached hydrogens (primary N) is 6. The third-order valence-electron chi connectivity index (χ3n) is 20.9. The van der Waals surface area contributed by atoms with Crippen molar-refractivity contribution in [3.05, 3.63) is 314 Å². The number of aromatic carboxylic acids is 3. The van der Waals surface area contributed by atoms with Crippen LogP contribution in [0.25, 0.3) is 45.1 Å². The first-order valence-electron chi connectivity index (χ1n) is 40.9. The average Bonchev–Trinajstić information content (AvgIpc) is 0.853. The molecule has 4 aromatic carbocycles. The number of hydrogen-bond acceptors (Lipinski definition) is 39. The number of carboxylic acid groups (broad SMARTS) is 3. The van der Waals surface area contributed by atoms with Crippen molar-refractivity contribution < 1.29 is 102 Å². The quantitative estimate of drug-likeness (QED) is 0.0111. The summed E-state index contributed by atoms with van der Waals surface area (Å²) in [5.41, 5.74) is 36.8. The molecule has 3 amide bonds. The van der Waals surface area contributed by atoms with E-state index in [0.29, 0.717) is 62.3 Å². The monoisotopic (exact) mass is 1960 g/mol. The summed E-state index contributed by atoms with van der Waals surface area (Å²) in [6, 6.07) is 39.8. The number of anilines is 9. The Morgan fingerprint density at radius 2 is 0.789 bits per heavy atom. The van der Waals surface area contributed by atoms with Crippen molar-refractivity contribution in [2.24, 2.45) is 23.2 Å². The molecule has 18 rings (SSSR count). The highest BCUT2D eigenvalue weighted by Crippen LogP contribution is 2.60. The van der Waals surface area contributed by atoms with Crippen LogP contribution in [0.3, 0.4) is 0 Å². The number of nitro groups is 5. The van der Waals surface area contributed by atoms with Crippen LogP contribution in [0.5, 0.6) is 0 Å². The molecule has 10 aromatic heterocycles. The zero-order valence-corrected chi connectivity index (χ0v) is 74.7. The number of imidazole rings is 2. The number of carboxylic acids is 3. The normalized spacial score (nSPS) is 14.0. The Labute approximate surface area is 801 Å². The number of carbonyl (C=O) groups excluding carboxylic acids is 7. The fraction of sp³-hybridized carbons (Fsp3) is 0.146. The highest BCUT2D eigenvalue weighted by molar-refractivity contribution is 6.67. The number of nitrogens with one attached hydrogen (secondary N) is 5. The van der Waals surface area contributed by atoms with E-state index in [9.17, 15) is 98.5 Å². The lowest BCUT2D eigenvalue weighted by Gasteiger charge is -2.55. The van der Waals surface area contributed by atoms with Crippen LogP contribution in [0.2, 0.25) is 0 Å². The van der Waals surface area contributed by atoms with Crippen molar-refractivity contribution in [2.75, 3.05) is 71.7 Å². The van der Waals surface area contributed by atoms with Gasteiger partial charge in [-0.1, -0.05) is 6.07 Å². The van der Waals surface area contributed by atoms with Crippen LogP contribution in [0.15, 0.2) is 213 Å². The molecular formula is C89H79ClN26O26. The predicted molar refractivity (Wildman–Crippen MR) is 507 cm³/mol. The lowest BCUT2D eigenvalue weighted by molar-refractivity contribution is -0.385. The maximum Gasteiger partial charge on any atom is 0.339 e. The van der Waals surface area contributed by atoms with E-state index in [4.69, 9.17) is 61.3 Å². The number of carbonyl (C=O) groups is 10. The number of nitrogens with zero attached hydrogens (tertiary/aromatic N) is 15. The first kappa shape index (κ1) is 104. The highest BCUT2D eigenvalue weighted by atomic mass is 35.5. The number of ether oxygens (including phenoxy) is 3. The van der Waals surface area contributed by atoms with Gasteiger partial charge >= 0.3 is 47.2 Å². The first-order valence-corrected chi connectivity index (χ1v) is 41.2. The SMILES string of the molecule is COC(=O)c1cnc(N)c(N)c1.COC(=O)c1cnc(N)c(NC(=O)c2ccc([N+](=O)[O-])cc2)c1.COC(=O)c1cnc(N)c([N+](=O)[O-])c1.Nc1ccc(C(=O)O)cn1.Nc1ncc(C(=O)O)cc1[N+](=O)[O-].O=C(Cl)c1ccc([N+](=O)[O-])cc1.O=C(Nc1ccccn1)c1cnc2nc(-c3ccc(NC(=O)C45CC6CC(CC(C6)C4)C5)cc3)[nH]c2c1.O=C(O)c1cnc2nc(-c3ccc([N+](=O)[O-])cc3)[nH]c2c1. The van der Waals surface area contributed by atoms with E-state index in [2.05, 4.69) is 90.0 Å². The Balaban J connectivity index is 0.000000175. The molecular weight excluding hydrogens is 1880 g/mol. The number of pyridine rings is 8. The minimum absolute atomic E-state index is 0.00611. The zero-order valence-electron chi connectivity index (χ0n) is 74.0. The summed E-state index contributed by atoms with van der Waals surface area (Å²) in [5, 5.41) is 85.7. The molecule has 0 unspecified atom stereocenters. The molecule has 0 spiro atoms. The number of amides is 3. The van der Waals surface area contributed by atoms with Gasteiger partial charge in [0.1, 0.15) is 34.9 Å². The Morgan fingerprint density at radius 3 is 1.22 bits per heavy atom.